The summed E-state index contributed by atoms with van der Waals surface area (Å²) < 4.78 is 0. The van der Waals surface area contributed by atoms with E-state index in [2.05, 4.69) is 11.0 Å². The summed E-state index contributed by atoms with van der Waals surface area (Å²) in [5, 5.41) is 8.93. The first kappa shape index (κ1) is 16.8. The average Bonchev–Trinajstić information content (AvgIpc) is 2.39. The minimum atomic E-state index is -0.861. The maximum atomic E-state index is 10.9. The Bertz CT molecular complexity index is 520. The summed E-state index contributed by atoms with van der Waals surface area (Å²) in [6, 6.07) is 7.83. The molecule has 4 heteroatoms. The standard InChI is InChI=1S/C17H21NO2.Na/c19-17(20)14-8-6-13(7-9-14)12-15-4-1-2-5-16(15)18-10-3-11-18;/h6-9,12,16H,1-5,10-11H2,(H,19,20);/q;+1/b15-12-;. The van der Waals surface area contributed by atoms with Gasteiger partial charge in [-0.05, 0) is 56.5 Å². The van der Waals surface area contributed by atoms with E-state index in [4.69, 9.17) is 5.11 Å². The fourth-order valence-corrected chi connectivity index (χ4v) is 3.19. The van der Waals surface area contributed by atoms with Crippen molar-refractivity contribution >= 4 is 12.0 Å². The molecule has 3 nitrogen and oxygen atoms in total. The molecule has 0 aromatic heterocycles. The summed E-state index contributed by atoms with van der Waals surface area (Å²) in [6.07, 6.45) is 8.67. The molecule has 106 valence electrons. The quantitative estimate of drug-likeness (QED) is 0.822. The molecule has 0 radical (unpaired) electrons. The number of nitrogens with zero attached hydrogens (tertiary/aromatic N) is 1. The van der Waals surface area contributed by atoms with E-state index < -0.39 is 5.97 Å². The van der Waals surface area contributed by atoms with Crippen LogP contribution in [0.2, 0.25) is 0 Å². The van der Waals surface area contributed by atoms with Crippen LogP contribution in [0.4, 0.5) is 0 Å². The van der Waals surface area contributed by atoms with Gasteiger partial charge < -0.3 is 5.11 Å². The Kier molecular flexibility index (Phi) is 6.06. The molecule has 2 fully saturated rings. The molecule has 21 heavy (non-hydrogen) atoms. The number of hydrogen-bond donors (Lipinski definition) is 1. The van der Waals surface area contributed by atoms with Gasteiger partial charge in [0.15, 0.2) is 0 Å². The van der Waals surface area contributed by atoms with Crippen molar-refractivity contribution in [3.63, 3.8) is 0 Å². The summed E-state index contributed by atoms with van der Waals surface area (Å²) in [5.74, 6) is -0.861. The first-order valence-corrected chi connectivity index (χ1v) is 7.52. The van der Waals surface area contributed by atoms with Gasteiger partial charge >= 0.3 is 35.5 Å². The molecule has 1 atom stereocenters. The number of carbonyl (C=O) groups is 1. The van der Waals surface area contributed by atoms with Gasteiger partial charge in [0.25, 0.3) is 0 Å². The van der Waals surface area contributed by atoms with Crippen molar-refractivity contribution in [2.45, 2.75) is 38.1 Å². The van der Waals surface area contributed by atoms with Crippen molar-refractivity contribution in [1.29, 1.82) is 0 Å². The number of carboxylic acids is 1. The van der Waals surface area contributed by atoms with Crippen LogP contribution in [0.5, 0.6) is 0 Å². The Hall–Kier alpha value is -0.610. The molecule has 0 bridgehead atoms. The Morgan fingerprint density at radius 3 is 2.43 bits per heavy atom. The molecule has 2 aliphatic rings. The third kappa shape index (κ3) is 3.98. The fraction of sp³-hybridized carbons (Fsp3) is 0.471. The van der Waals surface area contributed by atoms with Gasteiger partial charge in [-0.15, -0.1) is 0 Å². The van der Waals surface area contributed by atoms with Gasteiger partial charge in [0.2, 0.25) is 0 Å². The van der Waals surface area contributed by atoms with E-state index in [1.54, 1.807) is 12.1 Å². The second-order valence-electron chi connectivity index (χ2n) is 5.80. The zero-order chi connectivity index (χ0) is 13.9. The molecule has 3 rings (SSSR count). The molecular weight excluding hydrogens is 273 g/mol. The third-order valence-corrected chi connectivity index (χ3v) is 4.46. The molecular formula is C17H21NNaO2+. The average molecular weight is 294 g/mol. The minimum Gasteiger partial charge on any atom is -0.478 e. The van der Waals surface area contributed by atoms with Crippen molar-refractivity contribution in [1.82, 2.24) is 4.90 Å². The smallest absolute Gasteiger partial charge is 0.478 e. The van der Waals surface area contributed by atoms with Crippen molar-refractivity contribution in [3.05, 3.63) is 41.0 Å². The van der Waals surface area contributed by atoms with Gasteiger partial charge in [0.1, 0.15) is 0 Å². The van der Waals surface area contributed by atoms with Crippen LogP contribution in [0.15, 0.2) is 29.8 Å². The van der Waals surface area contributed by atoms with E-state index in [9.17, 15) is 4.79 Å². The predicted octanol–water partition coefficient (Wildman–Crippen LogP) is 0.421. The number of rotatable bonds is 3. The second-order valence-corrected chi connectivity index (χ2v) is 5.80. The van der Waals surface area contributed by atoms with E-state index >= 15 is 0 Å². The Morgan fingerprint density at radius 2 is 1.86 bits per heavy atom. The van der Waals surface area contributed by atoms with E-state index in [0.29, 0.717) is 11.6 Å². The summed E-state index contributed by atoms with van der Waals surface area (Å²) in [6.45, 7) is 2.47. The minimum absolute atomic E-state index is 0. The van der Waals surface area contributed by atoms with E-state index in [0.717, 1.165) is 5.56 Å². The number of likely N-dealkylation sites (tertiary alicyclic amines) is 1. The van der Waals surface area contributed by atoms with Crippen LogP contribution in [-0.4, -0.2) is 35.1 Å². The molecule has 0 spiro atoms. The van der Waals surface area contributed by atoms with Crippen LogP contribution in [-0.2, 0) is 0 Å². The van der Waals surface area contributed by atoms with Crippen LogP contribution in [0.25, 0.3) is 6.08 Å². The molecule has 1 saturated heterocycles. The molecule has 1 N–H and O–H groups in total. The molecule has 1 aromatic rings. The Labute approximate surface area is 148 Å². The SMILES string of the molecule is O=C(O)c1ccc(/C=C2/CCCCC2N2CCC2)cc1.[Na+]. The molecule has 1 heterocycles. The zero-order valence-corrected chi connectivity index (χ0v) is 14.7. The summed E-state index contributed by atoms with van der Waals surface area (Å²) in [4.78, 5) is 13.4. The maximum absolute atomic E-state index is 10.9. The van der Waals surface area contributed by atoms with Crippen molar-refractivity contribution in [2.24, 2.45) is 0 Å². The van der Waals surface area contributed by atoms with Crippen LogP contribution >= 0.6 is 0 Å². The normalized spacial score (nSPS) is 24.2. The predicted molar refractivity (Wildman–Crippen MR) is 79.8 cm³/mol. The Morgan fingerprint density at radius 1 is 1.14 bits per heavy atom. The van der Waals surface area contributed by atoms with E-state index in [-0.39, 0.29) is 29.6 Å². The van der Waals surface area contributed by atoms with Gasteiger partial charge in [0, 0.05) is 6.04 Å². The summed E-state index contributed by atoms with van der Waals surface area (Å²) in [5.41, 5.74) is 3.01. The summed E-state index contributed by atoms with van der Waals surface area (Å²) >= 11 is 0. The number of hydrogen-bond acceptors (Lipinski definition) is 2. The summed E-state index contributed by atoms with van der Waals surface area (Å²) in [7, 11) is 0. The van der Waals surface area contributed by atoms with E-state index in [1.807, 2.05) is 12.1 Å². The molecule has 1 aromatic carbocycles. The van der Waals surface area contributed by atoms with Crippen LogP contribution in [0.3, 0.4) is 0 Å². The largest absolute Gasteiger partial charge is 1.00 e. The van der Waals surface area contributed by atoms with Crippen LogP contribution in [0, 0.1) is 0 Å². The maximum Gasteiger partial charge on any atom is 1.00 e. The van der Waals surface area contributed by atoms with Crippen LogP contribution < -0.4 is 29.6 Å². The molecule has 0 amide bonds. The topological polar surface area (TPSA) is 40.5 Å². The second kappa shape index (κ2) is 7.59. The number of aromatic carboxylic acids is 1. The van der Waals surface area contributed by atoms with E-state index in [1.165, 1.54) is 50.8 Å². The monoisotopic (exact) mass is 294 g/mol. The third-order valence-electron chi connectivity index (χ3n) is 4.46. The van der Waals surface area contributed by atoms with Gasteiger partial charge in [-0.2, -0.15) is 0 Å². The van der Waals surface area contributed by atoms with Crippen molar-refractivity contribution in [3.8, 4) is 0 Å². The van der Waals surface area contributed by atoms with Gasteiger partial charge in [-0.25, -0.2) is 4.79 Å². The number of benzene rings is 1. The molecule has 1 saturated carbocycles. The molecule has 1 unspecified atom stereocenters. The first-order valence-electron chi connectivity index (χ1n) is 7.52. The first-order chi connectivity index (χ1) is 9.74. The molecule has 1 aliphatic carbocycles. The van der Waals surface area contributed by atoms with Crippen molar-refractivity contribution in [2.75, 3.05) is 13.1 Å². The number of carboxylic acid groups (broad SMARTS) is 1. The zero-order valence-electron chi connectivity index (χ0n) is 12.7. The van der Waals surface area contributed by atoms with Crippen molar-refractivity contribution < 1.29 is 39.5 Å². The van der Waals surface area contributed by atoms with Gasteiger partial charge in [-0.3, -0.25) is 4.90 Å². The molecule has 1 aliphatic heterocycles. The Balaban J connectivity index is 0.00000161. The van der Waals surface area contributed by atoms with Crippen LogP contribution in [0.1, 0.15) is 48.0 Å². The fourth-order valence-electron chi connectivity index (χ4n) is 3.19. The van der Waals surface area contributed by atoms with Gasteiger partial charge in [-0.1, -0.05) is 30.2 Å². The van der Waals surface area contributed by atoms with Gasteiger partial charge in [0.05, 0.1) is 5.56 Å².